The van der Waals surface area contributed by atoms with E-state index in [1.807, 2.05) is 6.92 Å². The standard InChI is InChI=1S/C19H22N2O5S/c1-14-5-7-16(8-6-14)27(25,26)21-12-9-15(13-21)17(22)20-19(18(23)24)10-3-2-4-11-19/h5-9,12-13H,2-4,10-11H2,1H3,(H,20,22)(H,23,24). The highest BCUT2D eigenvalue weighted by atomic mass is 32.2. The number of nitrogens with zero attached hydrogens (tertiary/aromatic N) is 1. The molecule has 1 aliphatic rings. The van der Waals surface area contributed by atoms with Gasteiger partial charge in [-0.3, -0.25) is 4.79 Å². The van der Waals surface area contributed by atoms with Gasteiger partial charge in [-0.05, 0) is 38.0 Å². The van der Waals surface area contributed by atoms with Crippen molar-refractivity contribution in [3.63, 3.8) is 0 Å². The van der Waals surface area contributed by atoms with Crippen LogP contribution in [0.25, 0.3) is 0 Å². The maximum Gasteiger partial charge on any atom is 0.329 e. The van der Waals surface area contributed by atoms with Crippen LogP contribution in [0, 0.1) is 6.92 Å². The van der Waals surface area contributed by atoms with Gasteiger partial charge in [-0.1, -0.05) is 37.0 Å². The molecule has 0 bridgehead atoms. The fourth-order valence-electron chi connectivity index (χ4n) is 3.33. The average molecular weight is 390 g/mol. The summed E-state index contributed by atoms with van der Waals surface area (Å²) in [5, 5.41) is 12.2. The molecule has 0 spiro atoms. The molecule has 0 aliphatic heterocycles. The lowest BCUT2D eigenvalue weighted by Crippen LogP contribution is -2.55. The lowest BCUT2D eigenvalue weighted by atomic mass is 9.81. The Kier molecular flexibility index (Phi) is 5.10. The molecular weight excluding hydrogens is 368 g/mol. The Bertz CT molecular complexity index is 954. The number of rotatable bonds is 5. The van der Waals surface area contributed by atoms with E-state index in [-0.39, 0.29) is 10.5 Å². The molecule has 1 fully saturated rings. The quantitative estimate of drug-likeness (QED) is 0.816. The predicted octanol–water partition coefficient (Wildman–Crippen LogP) is 2.55. The smallest absolute Gasteiger partial charge is 0.329 e. The number of carbonyl (C=O) groups excluding carboxylic acids is 1. The van der Waals surface area contributed by atoms with E-state index in [4.69, 9.17) is 0 Å². The highest BCUT2D eigenvalue weighted by Gasteiger charge is 2.41. The molecule has 144 valence electrons. The fraction of sp³-hybridized carbons (Fsp3) is 0.368. The van der Waals surface area contributed by atoms with Gasteiger partial charge in [0.2, 0.25) is 0 Å². The summed E-state index contributed by atoms with van der Waals surface area (Å²) in [6.07, 6.45) is 5.65. The zero-order valence-electron chi connectivity index (χ0n) is 15.0. The summed E-state index contributed by atoms with van der Waals surface area (Å²) in [6.45, 7) is 1.86. The monoisotopic (exact) mass is 390 g/mol. The molecule has 7 nitrogen and oxygen atoms in total. The van der Waals surface area contributed by atoms with Gasteiger partial charge in [-0.25, -0.2) is 17.2 Å². The SMILES string of the molecule is Cc1ccc(S(=O)(=O)n2ccc(C(=O)NC3(C(=O)O)CCCCC3)c2)cc1. The van der Waals surface area contributed by atoms with Crippen LogP contribution in [0.5, 0.6) is 0 Å². The predicted molar refractivity (Wildman–Crippen MR) is 99.1 cm³/mol. The summed E-state index contributed by atoms with van der Waals surface area (Å²) in [6, 6.07) is 7.78. The van der Waals surface area contributed by atoms with Gasteiger partial charge >= 0.3 is 5.97 Å². The van der Waals surface area contributed by atoms with E-state index in [2.05, 4.69) is 5.32 Å². The van der Waals surface area contributed by atoms with Gasteiger partial charge in [-0.15, -0.1) is 0 Å². The molecule has 0 radical (unpaired) electrons. The Morgan fingerprint density at radius 3 is 2.30 bits per heavy atom. The van der Waals surface area contributed by atoms with E-state index >= 15 is 0 Å². The van der Waals surface area contributed by atoms with Crippen LogP contribution in [-0.2, 0) is 14.8 Å². The Morgan fingerprint density at radius 1 is 1.07 bits per heavy atom. The average Bonchev–Trinajstić information content (AvgIpc) is 3.14. The minimum Gasteiger partial charge on any atom is -0.480 e. The van der Waals surface area contributed by atoms with E-state index in [1.165, 1.54) is 30.6 Å². The largest absolute Gasteiger partial charge is 0.480 e. The van der Waals surface area contributed by atoms with Crippen LogP contribution in [-0.4, -0.2) is 34.9 Å². The molecule has 3 rings (SSSR count). The lowest BCUT2D eigenvalue weighted by Gasteiger charge is -2.33. The van der Waals surface area contributed by atoms with Gasteiger partial charge in [0, 0.05) is 12.4 Å². The Morgan fingerprint density at radius 2 is 1.70 bits per heavy atom. The van der Waals surface area contributed by atoms with Gasteiger partial charge in [0.25, 0.3) is 15.9 Å². The van der Waals surface area contributed by atoms with E-state index in [0.29, 0.717) is 12.8 Å². The van der Waals surface area contributed by atoms with Crippen LogP contribution in [0.4, 0.5) is 0 Å². The molecule has 0 unspecified atom stereocenters. The van der Waals surface area contributed by atoms with Crippen molar-refractivity contribution in [1.82, 2.24) is 9.29 Å². The van der Waals surface area contributed by atoms with Crippen molar-refractivity contribution in [2.75, 3.05) is 0 Å². The first-order valence-corrected chi connectivity index (χ1v) is 10.2. The topological polar surface area (TPSA) is 105 Å². The van der Waals surface area contributed by atoms with Crippen molar-refractivity contribution in [2.24, 2.45) is 0 Å². The molecule has 1 heterocycles. The van der Waals surface area contributed by atoms with Crippen molar-refractivity contribution in [3.05, 3.63) is 53.9 Å². The molecule has 1 aromatic carbocycles. The molecule has 1 saturated carbocycles. The van der Waals surface area contributed by atoms with Gasteiger partial charge < -0.3 is 10.4 Å². The summed E-state index contributed by atoms with van der Waals surface area (Å²) >= 11 is 0. The number of nitrogens with one attached hydrogen (secondary N) is 1. The number of aromatic nitrogens is 1. The van der Waals surface area contributed by atoms with Gasteiger partial charge in [0.05, 0.1) is 10.5 Å². The van der Waals surface area contributed by atoms with Crippen LogP contribution >= 0.6 is 0 Å². The molecule has 1 aliphatic carbocycles. The van der Waals surface area contributed by atoms with E-state index in [1.54, 1.807) is 12.1 Å². The zero-order valence-corrected chi connectivity index (χ0v) is 15.8. The van der Waals surface area contributed by atoms with Crippen molar-refractivity contribution in [1.29, 1.82) is 0 Å². The molecule has 0 atom stereocenters. The van der Waals surface area contributed by atoms with Crippen LogP contribution < -0.4 is 5.32 Å². The Balaban J connectivity index is 1.83. The fourth-order valence-corrected chi connectivity index (χ4v) is 4.53. The van der Waals surface area contributed by atoms with Crippen molar-refractivity contribution >= 4 is 21.9 Å². The number of carboxylic acid groups (broad SMARTS) is 1. The summed E-state index contributed by atoms with van der Waals surface area (Å²) < 4.78 is 26.3. The second-order valence-corrected chi connectivity index (χ2v) is 8.79. The number of hydrogen-bond acceptors (Lipinski definition) is 4. The van der Waals surface area contributed by atoms with Crippen molar-refractivity contribution in [3.8, 4) is 0 Å². The zero-order chi connectivity index (χ0) is 19.7. The molecule has 2 aromatic rings. The first kappa shape index (κ1) is 19.2. The summed E-state index contributed by atoms with van der Waals surface area (Å²) in [5.74, 6) is -1.64. The van der Waals surface area contributed by atoms with Crippen LogP contribution in [0.2, 0.25) is 0 Å². The summed E-state index contributed by atoms with van der Waals surface area (Å²) in [7, 11) is -3.81. The first-order chi connectivity index (χ1) is 12.7. The Hall–Kier alpha value is -2.61. The number of amides is 1. The van der Waals surface area contributed by atoms with Gasteiger partial charge in [0.1, 0.15) is 5.54 Å². The van der Waals surface area contributed by atoms with E-state index < -0.39 is 27.4 Å². The lowest BCUT2D eigenvalue weighted by molar-refractivity contribution is -0.145. The number of carboxylic acids is 1. The van der Waals surface area contributed by atoms with Crippen LogP contribution in [0.3, 0.4) is 0 Å². The first-order valence-electron chi connectivity index (χ1n) is 8.81. The number of aliphatic carboxylic acids is 1. The highest BCUT2D eigenvalue weighted by Crippen LogP contribution is 2.29. The van der Waals surface area contributed by atoms with E-state index in [9.17, 15) is 23.1 Å². The third-order valence-corrected chi connectivity index (χ3v) is 6.65. The third-order valence-electron chi connectivity index (χ3n) is 5.00. The third kappa shape index (κ3) is 3.75. The Labute approximate surface area is 158 Å². The molecule has 8 heteroatoms. The second kappa shape index (κ2) is 7.19. The second-order valence-electron chi connectivity index (χ2n) is 6.95. The molecule has 2 N–H and O–H groups in total. The number of aryl methyl sites for hydroxylation is 1. The molecule has 1 amide bonds. The maximum absolute atomic E-state index is 12.7. The highest BCUT2D eigenvalue weighted by molar-refractivity contribution is 7.90. The maximum atomic E-state index is 12.7. The molecular formula is C19H22N2O5S. The van der Waals surface area contributed by atoms with Crippen LogP contribution in [0.1, 0.15) is 48.0 Å². The molecule has 1 aromatic heterocycles. The summed E-state index contributed by atoms with van der Waals surface area (Å²) in [5.41, 5.74) is -0.238. The van der Waals surface area contributed by atoms with Gasteiger partial charge in [-0.2, -0.15) is 0 Å². The number of benzene rings is 1. The minimum atomic E-state index is -3.81. The van der Waals surface area contributed by atoms with Crippen LogP contribution in [0.15, 0.2) is 47.6 Å². The van der Waals surface area contributed by atoms with E-state index in [0.717, 1.165) is 28.8 Å². The number of carbonyl (C=O) groups is 2. The summed E-state index contributed by atoms with van der Waals surface area (Å²) in [4.78, 5) is 24.4. The molecule has 0 saturated heterocycles. The van der Waals surface area contributed by atoms with Gasteiger partial charge in [0.15, 0.2) is 0 Å². The normalized spacial score (nSPS) is 16.6. The van der Waals surface area contributed by atoms with Crippen molar-refractivity contribution < 1.29 is 23.1 Å². The molecule has 27 heavy (non-hydrogen) atoms. The van der Waals surface area contributed by atoms with Crippen molar-refractivity contribution in [2.45, 2.75) is 49.5 Å². The number of hydrogen-bond donors (Lipinski definition) is 2. The minimum absolute atomic E-state index is 0.108.